The van der Waals surface area contributed by atoms with Crippen molar-refractivity contribution in [2.24, 2.45) is 0 Å². The summed E-state index contributed by atoms with van der Waals surface area (Å²) in [5.74, 6) is 0. The van der Waals surface area contributed by atoms with Gasteiger partial charge in [-0.2, -0.15) is 4.98 Å². The quantitative estimate of drug-likeness (QED) is 0.678. The Bertz CT molecular complexity index is 187. The van der Waals surface area contributed by atoms with Crippen LogP contribution in [0.25, 0.3) is 0 Å². The second-order valence-corrected chi connectivity index (χ2v) is 2.57. The van der Waals surface area contributed by atoms with Crippen molar-refractivity contribution in [3.8, 4) is 6.01 Å². The molecule has 4 heteroatoms. The zero-order valence-electron chi connectivity index (χ0n) is 5.16. The lowest BCUT2D eigenvalue weighted by Gasteiger charge is -1.82. The van der Waals surface area contributed by atoms with E-state index in [9.17, 15) is 0 Å². The average Bonchev–Trinajstić information content (AvgIpc) is 2.17. The number of hydrogen-bond acceptors (Lipinski definition) is 4. The molecular formula is C5H8N2OS. The van der Waals surface area contributed by atoms with Crippen LogP contribution < -0.4 is 0 Å². The molecule has 0 aliphatic carbocycles. The maximum absolute atomic E-state index is 8.67. The highest BCUT2D eigenvalue weighted by atomic mass is 32.1. The number of nitrogens with zero attached hydrogens (tertiary/aromatic N) is 2. The molecule has 0 radical (unpaired) electrons. The predicted octanol–water partition coefficient (Wildman–Crippen LogP) is 1.20. The van der Waals surface area contributed by atoms with E-state index in [1.165, 1.54) is 11.5 Å². The van der Waals surface area contributed by atoms with Crippen LogP contribution in [0.2, 0.25) is 0 Å². The van der Waals surface area contributed by atoms with Crippen LogP contribution in [0.5, 0.6) is 6.01 Å². The second kappa shape index (κ2) is 2.77. The standard InChI is InChI=1S/C5H8N2OS/c1-2-3-4-6-5(8)7-9-4/h2-3H2,1H3,(H,7,8). The Morgan fingerprint density at radius 3 is 2.89 bits per heavy atom. The molecule has 0 aromatic carbocycles. The van der Waals surface area contributed by atoms with Crippen molar-refractivity contribution in [1.82, 2.24) is 9.36 Å². The summed E-state index contributed by atoms with van der Waals surface area (Å²) >= 11 is 1.26. The molecule has 0 atom stereocenters. The zero-order chi connectivity index (χ0) is 6.69. The molecule has 0 saturated heterocycles. The number of hydrogen-bond donors (Lipinski definition) is 1. The molecule has 9 heavy (non-hydrogen) atoms. The summed E-state index contributed by atoms with van der Waals surface area (Å²) in [6.45, 7) is 2.07. The SMILES string of the molecule is CCCc1nc(O)ns1. The van der Waals surface area contributed by atoms with Gasteiger partial charge in [0, 0.05) is 6.42 Å². The van der Waals surface area contributed by atoms with Gasteiger partial charge in [-0.3, -0.25) is 0 Å². The summed E-state index contributed by atoms with van der Waals surface area (Å²) < 4.78 is 3.62. The van der Waals surface area contributed by atoms with Gasteiger partial charge in [-0.1, -0.05) is 6.92 Å². The highest BCUT2D eigenvalue weighted by Crippen LogP contribution is 2.09. The van der Waals surface area contributed by atoms with Crippen LogP contribution in [-0.4, -0.2) is 14.5 Å². The van der Waals surface area contributed by atoms with Crippen molar-refractivity contribution in [2.45, 2.75) is 19.8 Å². The molecule has 0 amide bonds. The van der Waals surface area contributed by atoms with Crippen LogP contribution in [0.4, 0.5) is 0 Å². The van der Waals surface area contributed by atoms with E-state index in [0.29, 0.717) is 0 Å². The van der Waals surface area contributed by atoms with Gasteiger partial charge < -0.3 is 5.11 Å². The Labute approximate surface area is 57.5 Å². The highest BCUT2D eigenvalue weighted by molar-refractivity contribution is 7.05. The molecule has 0 saturated carbocycles. The van der Waals surface area contributed by atoms with Crippen molar-refractivity contribution >= 4 is 11.5 Å². The summed E-state index contributed by atoms with van der Waals surface area (Å²) in [6.07, 6.45) is 1.97. The van der Waals surface area contributed by atoms with E-state index in [2.05, 4.69) is 16.3 Å². The van der Waals surface area contributed by atoms with Gasteiger partial charge in [0.2, 0.25) is 0 Å². The van der Waals surface area contributed by atoms with Crippen LogP contribution in [0.1, 0.15) is 18.4 Å². The van der Waals surface area contributed by atoms with Crippen molar-refractivity contribution in [1.29, 1.82) is 0 Å². The van der Waals surface area contributed by atoms with E-state index >= 15 is 0 Å². The molecule has 0 aliphatic rings. The number of aromatic nitrogens is 2. The third-order valence-electron chi connectivity index (χ3n) is 0.921. The van der Waals surface area contributed by atoms with E-state index in [1.807, 2.05) is 0 Å². The molecule has 1 aromatic rings. The van der Waals surface area contributed by atoms with Gasteiger partial charge in [0.1, 0.15) is 5.01 Å². The van der Waals surface area contributed by atoms with Gasteiger partial charge in [-0.15, -0.1) is 4.37 Å². The van der Waals surface area contributed by atoms with Crippen LogP contribution in [0.3, 0.4) is 0 Å². The first-order valence-corrected chi connectivity index (χ1v) is 3.62. The molecule has 1 rings (SSSR count). The Hall–Kier alpha value is -0.640. The predicted molar refractivity (Wildman–Crippen MR) is 35.6 cm³/mol. The first-order chi connectivity index (χ1) is 4.33. The molecule has 1 aromatic heterocycles. The van der Waals surface area contributed by atoms with Gasteiger partial charge in [-0.25, -0.2) is 0 Å². The van der Waals surface area contributed by atoms with Crippen LogP contribution in [-0.2, 0) is 6.42 Å². The minimum Gasteiger partial charge on any atom is -0.478 e. The van der Waals surface area contributed by atoms with Gasteiger partial charge in [0.05, 0.1) is 0 Å². The van der Waals surface area contributed by atoms with E-state index < -0.39 is 0 Å². The third-order valence-corrected chi connectivity index (χ3v) is 1.68. The lowest BCUT2D eigenvalue weighted by atomic mass is 10.4. The molecule has 0 fully saturated rings. The molecular weight excluding hydrogens is 136 g/mol. The molecule has 1 N–H and O–H groups in total. The maximum atomic E-state index is 8.67. The topological polar surface area (TPSA) is 46.0 Å². The lowest BCUT2D eigenvalue weighted by molar-refractivity contribution is 0.437. The van der Waals surface area contributed by atoms with Gasteiger partial charge in [-0.05, 0) is 18.0 Å². The molecule has 3 nitrogen and oxygen atoms in total. The fourth-order valence-corrected chi connectivity index (χ4v) is 1.21. The lowest BCUT2D eigenvalue weighted by Crippen LogP contribution is -1.77. The number of rotatable bonds is 2. The number of aryl methyl sites for hydroxylation is 1. The summed E-state index contributed by atoms with van der Waals surface area (Å²) in [7, 11) is 0. The third kappa shape index (κ3) is 1.64. The normalized spacial score (nSPS) is 9.89. The molecule has 1 heterocycles. The van der Waals surface area contributed by atoms with Crippen molar-refractivity contribution < 1.29 is 5.11 Å². The van der Waals surface area contributed by atoms with Crippen molar-refractivity contribution in [2.75, 3.05) is 0 Å². The van der Waals surface area contributed by atoms with E-state index in [0.717, 1.165) is 17.8 Å². The average molecular weight is 144 g/mol. The zero-order valence-corrected chi connectivity index (χ0v) is 5.98. The summed E-state index contributed by atoms with van der Waals surface area (Å²) in [4.78, 5) is 3.76. The maximum Gasteiger partial charge on any atom is 0.325 e. The molecule has 0 bridgehead atoms. The van der Waals surface area contributed by atoms with Crippen LogP contribution in [0, 0.1) is 0 Å². The fourth-order valence-electron chi connectivity index (χ4n) is 0.561. The Morgan fingerprint density at radius 2 is 2.44 bits per heavy atom. The van der Waals surface area contributed by atoms with E-state index in [1.54, 1.807) is 0 Å². The van der Waals surface area contributed by atoms with Crippen molar-refractivity contribution in [3.05, 3.63) is 5.01 Å². The van der Waals surface area contributed by atoms with Crippen LogP contribution in [0.15, 0.2) is 0 Å². The number of aromatic hydroxyl groups is 1. The largest absolute Gasteiger partial charge is 0.478 e. The van der Waals surface area contributed by atoms with Gasteiger partial charge in [0.25, 0.3) is 0 Å². The molecule has 0 spiro atoms. The Balaban J connectivity index is 2.61. The molecule has 0 unspecified atom stereocenters. The minimum atomic E-state index is -0.0940. The van der Waals surface area contributed by atoms with E-state index in [4.69, 9.17) is 5.11 Å². The first-order valence-electron chi connectivity index (χ1n) is 2.84. The highest BCUT2D eigenvalue weighted by Gasteiger charge is 1.98. The van der Waals surface area contributed by atoms with Crippen molar-refractivity contribution in [3.63, 3.8) is 0 Å². The van der Waals surface area contributed by atoms with Gasteiger partial charge >= 0.3 is 6.01 Å². The summed E-state index contributed by atoms with van der Waals surface area (Å²) in [5.41, 5.74) is 0. The Morgan fingerprint density at radius 1 is 1.67 bits per heavy atom. The summed E-state index contributed by atoms with van der Waals surface area (Å²) in [6, 6.07) is -0.0940. The van der Waals surface area contributed by atoms with Crippen LogP contribution >= 0.6 is 11.5 Å². The summed E-state index contributed by atoms with van der Waals surface area (Å²) in [5, 5.41) is 9.58. The van der Waals surface area contributed by atoms with Gasteiger partial charge in [0.15, 0.2) is 0 Å². The fraction of sp³-hybridized carbons (Fsp3) is 0.600. The first kappa shape index (κ1) is 6.48. The second-order valence-electron chi connectivity index (χ2n) is 1.74. The molecule has 0 aliphatic heterocycles. The Kier molecular flexibility index (Phi) is 2.00. The smallest absolute Gasteiger partial charge is 0.325 e. The minimum absolute atomic E-state index is 0.0940. The van der Waals surface area contributed by atoms with E-state index in [-0.39, 0.29) is 6.01 Å². The molecule has 50 valence electrons. The monoisotopic (exact) mass is 144 g/mol.